The molecule has 0 spiro atoms. The Labute approximate surface area is 81.3 Å². The van der Waals surface area contributed by atoms with E-state index in [0.29, 0.717) is 0 Å². The molecule has 1 aliphatic carbocycles. The van der Waals surface area contributed by atoms with Crippen molar-refractivity contribution in [3.05, 3.63) is 20.0 Å². The van der Waals surface area contributed by atoms with Crippen LogP contribution in [-0.4, -0.2) is 0 Å². The van der Waals surface area contributed by atoms with Crippen LogP contribution in [0.2, 0.25) is 4.63 Å². The second-order valence-corrected chi connectivity index (χ2v) is 5.87. The van der Waals surface area contributed by atoms with Gasteiger partial charge in [-0.2, -0.15) is 0 Å². The van der Waals surface area contributed by atoms with E-state index >= 15 is 0 Å². The van der Waals surface area contributed by atoms with E-state index in [1.807, 2.05) is 3.28 Å². The molecule has 1 rings (SSSR count). The van der Waals surface area contributed by atoms with Gasteiger partial charge in [-0.25, -0.2) is 0 Å². The topological polar surface area (TPSA) is 0 Å². The quantitative estimate of drug-likeness (QED) is 0.644. The number of hydrogen-bond donors (Lipinski definition) is 0. The van der Waals surface area contributed by atoms with Crippen molar-refractivity contribution in [3.63, 3.8) is 0 Å². The minimum atomic E-state index is -0.186. The molecule has 11 heavy (non-hydrogen) atoms. The van der Waals surface area contributed by atoms with Crippen LogP contribution in [0.5, 0.6) is 0 Å². The third-order valence-electron chi connectivity index (χ3n) is 2.91. The van der Waals surface area contributed by atoms with Crippen LogP contribution >= 0.6 is 0 Å². The third kappa shape index (κ3) is 1.45. The van der Waals surface area contributed by atoms with Crippen LogP contribution in [0, 0.1) is 5.92 Å². The first-order valence-electron chi connectivity index (χ1n) is 4.15. The van der Waals surface area contributed by atoms with Gasteiger partial charge in [0.2, 0.25) is 0 Å². The summed E-state index contributed by atoms with van der Waals surface area (Å²) in [4.78, 5) is 0. The zero-order valence-electron chi connectivity index (χ0n) is 8.08. The first-order valence-corrected chi connectivity index (χ1v) is 7.84. The van der Waals surface area contributed by atoms with Gasteiger partial charge in [0.05, 0.1) is 0 Å². The second-order valence-electron chi connectivity index (χ2n) is 3.32. The van der Waals surface area contributed by atoms with Gasteiger partial charge in [0.15, 0.2) is 0 Å². The standard InChI is InChI=1S/C9H13.CH3.Zr/c1-6-5-7(2)9(4)8(6)3;;/h6H,1-4H3;1H3;. The van der Waals surface area contributed by atoms with E-state index in [2.05, 4.69) is 32.3 Å². The van der Waals surface area contributed by atoms with Crippen molar-refractivity contribution in [3.8, 4) is 0 Å². The van der Waals surface area contributed by atoms with Crippen molar-refractivity contribution in [2.45, 2.75) is 32.3 Å². The molecule has 0 aromatic heterocycles. The SMILES string of the molecule is [CH3][Zr][C]1=C(C)C(C)=C(C)C1C. The van der Waals surface area contributed by atoms with Crippen LogP contribution in [0.1, 0.15) is 27.7 Å². The van der Waals surface area contributed by atoms with Gasteiger partial charge in [-0.15, -0.1) is 0 Å². The van der Waals surface area contributed by atoms with Gasteiger partial charge in [0.25, 0.3) is 0 Å². The van der Waals surface area contributed by atoms with E-state index in [-0.39, 0.29) is 23.2 Å². The predicted molar refractivity (Wildman–Crippen MR) is 46.1 cm³/mol. The van der Waals surface area contributed by atoms with Crippen molar-refractivity contribution < 1.29 is 23.2 Å². The van der Waals surface area contributed by atoms with Crippen LogP contribution in [0.4, 0.5) is 0 Å². The molecule has 0 amide bonds. The molecule has 0 saturated carbocycles. The summed E-state index contributed by atoms with van der Waals surface area (Å²) in [5.41, 5.74) is 4.79. The Morgan fingerprint density at radius 2 is 1.64 bits per heavy atom. The molecule has 0 fully saturated rings. The van der Waals surface area contributed by atoms with Crippen LogP contribution in [0.3, 0.4) is 0 Å². The molecule has 1 aliphatic rings. The maximum absolute atomic E-state index is 2.42. The Morgan fingerprint density at radius 3 is 1.82 bits per heavy atom. The zero-order chi connectivity index (χ0) is 8.59. The summed E-state index contributed by atoms with van der Waals surface area (Å²) in [6, 6.07) is 0. The average Bonchev–Trinajstić information content (AvgIpc) is 2.17. The summed E-state index contributed by atoms with van der Waals surface area (Å²) in [6.07, 6.45) is 0. The molecular formula is C10H16Zr. The molecule has 0 aromatic carbocycles. The van der Waals surface area contributed by atoms with Crippen molar-refractivity contribution >= 4 is 0 Å². The fourth-order valence-corrected chi connectivity index (χ4v) is 4.75. The van der Waals surface area contributed by atoms with Crippen molar-refractivity contribution in [1.82, 2.24) is 0 Å². The predicted octanol–water partition coefficient (Wildman–Crippen LogP) is 3.38. The third-order valence-corrected chi connectivity index (χ3v) is 6.22. The number of hydrogen-bond acceptors (Lipinski definition) is 0. The van der Waals surface area contributed by atoms with Crippen molar-refractivity contribution in [2.24, 2.45) is 5.92 Å². The van der Waals surface area contributed by atoms with Crippen LogP contribution in [0.15, 0.2) is 20.0 Å². The Morgan fingerprint density at radius 1 is 1.09 bits per heavy atom. The van der Waals surface area contributed by atoms with Gasteiger partial charge < -0.3 is 0 Å². The zero-order valence-corrected chi connectivity index (χ0v) is 10.5. The number of rotatable bonds is 1. The van der Waals surface area contributed by atoms with E-state index < -0.39 is 0 Å². The summed E-state index contributed by atoms with van der Waals surface area (Å²) < 4.78 is 4.23. The molecule has 0 aliphatic heterocycles. The summed E-state index contributed by atoms with van der Waals surface area (Å²) in [7, 11) is 0. The van der Waals surface area contributed by atoms with E-state index in [0.717, 1.165) is 5.92 Å². The molecule has 0 aromatic rings. The first-order chi connectivity index (χ1) is 5.09. The Hall–Kier alpha value is 0.363. The van der Waals surface area contributed by atoms with Crippen molar-refractivity contribution in [1.29, 1.82) is 0 Å². The Bertz CT molecular complexity index is 233. The maximum atomic E-state index is 2.42. The molecular weight excluding hydrogens is 211 g/mol. The Balaban J connectivity index is 3.04. The molecule has 1 atom stereocenters. The molecule has 1 unspecified atom stereocenters. The van der Waals surface area contributed by atoms with Gasteiger partial charge in [-0.05, 0) is 0 Å². The molecule has 0 saturated heterocycles. The summed E-state index contributed by atoms with van der Waals surface area (Å²) in [5, 5.41) is 0. The molecule has 0 heterocycles. The fraction of sp³-hybridized carbons (Fsp3) is 0.600. The Kier molecular flexibility index (Phi) is 2.92. The summed E-state index contributed by atoms with van der Waals surface area (Å²) in [6.45, 7) is 9.20. The molecule has 0 radical (unpaired) electrons. The fourth-order valence-electron chi connectivity index (χ4n) is 1.77. The second kappa shape index (κ2) is 3.39. The van der Waals surface area contributed by atoms with Crippen LogP contribution in [-0.2, 0) is 23.2 Å². The number of allylic oxidation sites excluding steroid dienone is 4. The van der Waals surface area contributed by atoms with Crippen LogP contribution in [0.25, 0.3) is 0 Å². The normalized spacial score (nSPS) is 25.0. The summed E-state index contributed by atoms with van der Waals surface area (Å²) >= 11 is -0.186. The molecule has 1 heteroatoms. The van der Waals surface area contributed by atoms with E-state index in [1.54, 1.807) is 16.7 Å². The monoisotopic (exact) mass is 226 g/mol. The van der Waals surface area contributed by atoms with Crippen molar-refractivity contribution in [2.75, 3.05) is 0 Å². The minimum absolute atomic E-state index is 0.186. The van der Waals surface area contributed by atoms with Gasteiger partial charge >= 0.3 is 81.5 Å². The van der Waals surface area contributed by atoms with Gasteiger partial charge in [0.1, 0.15) is 0 Å². The van der Waals surface area contributed by atoms with Crippen LogP contribution < -0.4 is 0 Å². The van der Waals surface area contributed by atoms with Gasteiger partial charge in [-0.1, -0.05) is 0 Å². The summed E-state index contributed by atoms with van der Waals surface area (Å²) in [5.74, 6) is 0.784. The first kappa shape index (κ1) is 9.45. The molecule has 0 nitrogen and oxygen atoms in total. The van der Waals surface area contributed by atoms with E-state index in [1.165, 1.54) is 0 Å². The molecule has 0 N–H and O–H groups in total. The molecule has 60 valence electrons. The van der Waals surface area contributed by atoms with E-state index in [4.69, 9.17) is 0 Å². The van der Waals surface area contributed by atoms with Gasteiger partial charge in [0, 0.05) is 0 Å². The average molecular weight is 227 g/mol. The van der Waals surface area contributed by atoms with E-state index in [9.17, 15) is 0 Å². The molecule has 0 bridgehead atoms. The van der Waals surface area contributed by atoms with Gasteiger partial charge in [-0.3, -0.25) is 0 Å².